The number of para-hydroxylation sites is 1. The van der Waals surface area contributed by atoms with Crippen LogP contribution in [0.3, 0.4) is 0 Å². The number of fused-ring (bicyclic) bond motifs is 1. The first-order chi connectivity index (χ1) is 14.8. The average molecular weight is 403 g/mol. The molecule has 30 heavy (non-hydrogen) atoms. The van der Waals surface area contributed by atoms with Crippen LogP contribution >= 0.6 is 0 Å². The summed E-state index contributed by atoms with van der Waals surface area (Å²) in [5, 5.41) is 2.82. The Bertz CT molecular complexity index is 1030. The first-order valence-electron chi connectivity index (χ1n) is 9.84. The molecule has 2 aromatic carbocycles. The van der Waals surface area contributed by atoms with Crippen LogP contribution in [-0.2, 0) is 0 Å². The van der Waals surface area contributed by atoms with E-state index in [0.29, 0.717) is 28.7 Å². The van der Waals surface area contributed by atoms with Gasteiger partial charge in [0.25, 0.3) is 5.91 Å². The van der Waals surface area contributed by atoms with E-state index in [0.717, 1.165) is 26.2 Å². The number of ether oxygens (including phenoxy) is 2. The highest BCUT2D eigenvalue weighted by molar-refractivity contribution is 6.04. The summed E-state index contributed by atoms with van der Waals surface area (Å²) in [4.78, 5) is 25.9. The fourth-order valence-corrected chi connectivity index (χ4v) is 3.59. The summed E-state index contributed by atoms with van der Waals surface area (Å²) in [7, 11) is 0. The van der Waals surface area contributed by atoms with Gasteiger partial charge in [-0.15, -0.1) is 0 Å². The minimum atomic E-state index is -0.249. The van der Waals surface area contributed by atoms with Gasteiger partial charge in [0.2, 0.25) is 12.7 Å². The summed E-state index contributed by atoms with van der Waals surface area (Å²) in [6.07, 6.45) is 3.27. The van der Waals surface area contributed by atoms with Gasteiger partial charge in [-0.3, -0.25) is 4.79 Å². The lowest BCUT2D eigenvalue weighted by molar-refractivity contribution is 0.102. The Kier molecular flexibility index (Phi) is 4.80. The molecule has 0 atom stereocenters. The zero-order valence-corrected chi connectivity index (χ0v) is 16.3. The normalized spacial score (nSPS) is 15.2. The van der Waals surface area contributed by atoms with Gasteiger partial charge < -0.3 is 24.6 Å². The molecular weight excluding hydrogens is 382 g/mol. The fraction of sp³-hybridized carbons (Fsp3) is 0.227. The lowest BCUT2D eigenvalue weighted by Gasteiger charge is -2.36. The van der Waals surface area contributed by atoms with Crippen LogP contribution in [-0.4, -0.2) is 48.8 Å². The number of rotatable bonds is 4. The molecule has 2 aliphatic rings. The Labute approximate surface area is 174 Å². The number of benzene rings is 2. The van der Waals surface area contributed by atoms with E-state index in [2.05, 4.69) is 49.4 Å². The van der Waals surface area contributed by atoms with Gasteiger partial charge in [-0.05, 0) is 30.3 Å². The molecule has 0 unspecified atom stereocenters. The summed E-state index contributed by atoms with van der Waals surface area (Å²) in [6.45, 7) is 3.69. The third kappa shape index (κ3) is 3.71. The van der Waals surface area contributed by atoms with Crippen LogP contribution in [0.5, 0.6) is 11.5 Å². The smallest absolute Gasteiger partial charge is 0.255 e. The topological polar surface area (TPSA) is 79.8 Å². The first-order valence-corrected chi connectivity index (χ1v) is 9.84. The Hall–Kier alpha value is -3.81. The van der Waals surface area contributed by atoms with Crippen LogP contribution in [0.1, 0.15) is 10.4 Å². The maximum absolute atomic E-state index is 12.5. The molecule has 1 saturated heterocycles. The quantitative estimate of drug-likeness (QED) is 0.718. The number of hydrogen-bond acceptors (Lipinski definition) is 7. The lowest BCUT2D eigenvalue weighted by atomic mass is 10.2. The van der Waals surface area contributed by atoms with Gasteiger partial charge in [0, 0.05) is 37.4 Å². The maximum atomic E-state index is 12.5. The van der Waals surface area contributed by atoms with Gasteiger partial charge in [-0.25, -0.2) is 9.97 Å². The van der Waals surface area contributed by atoms with Crippen LogP contribution in [0.4, 0.5) is 17.3 Å². The monoisotopic (exact) mass is 403 g/mol. The van der Waals surface area contributed by atoms with Crippen molar-refractivity contribution in [3.63, 3.8) is 0 Å². The molecule has 0 aliphatic carbocycles. The Morgan fingerprint density at radius 2 is 1.57 bits per heavy atom. The standard InChI is InChI=1S/C22H21N5O3/c28-21(16-6-7-19-20(12-16)30-15-29-19)25-17-13-23-22(24-14-17)27-10-8-26(9-11-27)18-4-2-1-3-5-18/h1-7,12-14H,8-11,15H2,(H,25,28). The van der Waals surface area contributed by atoms with Crippen molar-refractivity contribution < 1.29 is 14.3 Å². The van der Waals surface area contributed by atoms with Crippen molar-refractivity contribution in [3.8, 4) is 11.5 Å². The molecule has 1 N–H and O–H groups in total. The fourth-order valence-electron chi connectivity index (χ4n) is 3.59. The van der Waals surface area contributed by atoms with E-state index < -0.39 is 0 Å². The van der Waals surface area contributed by atoms with Crippen molar-refractivity contribution in [1.82, 2.24) is 9.97 Å². The molecule has 3 heterocycles. The number of anilines is 3. The Balaban J connectivity index is 1.19. The molecule has 0 saturated carbocycles. The second-order valence-electron chi connectivity index (χ2n) is 7.10. The molecule has 1 aromatic heterocycles. The maximum Gasteiger partial charge on any atom is 0.255 e. The third-order valence-electron chi connectivity index (χ3n) is 5.21. The first kappa shape index (κ1) is 18.2. The molecule has 152 valence electrons. The Morgan fingerprint density at radius 1 is 0.867 bits per heavy atom. The number of nitrogens with one attached hydrogen (secondary N) is 1. The van der Waals surface area contributed by atoms with Crippen molar-refractivity contribution in [2.24, 2.45) is 0 Å². The van der Waals surface area contributed by atoms with Gasteiger partial charge >= 0.3 is 0 Å². The van der Waals surface area contributed by atoms with E-state index in [4.69, 9.17) is 9.47 Å². The predicted octanol–water partition coefficient (Wildman–Crippen LogP) is 2.78. The SMILES string of the molecule is O=C(Nc1cnc(N2CCN(c3ccccc3)CC2)nc1)c1ccc2c(c1)OCO2. The summed E-state index contributed by atoms with van der Waals surface area (Å²) < 4.78 is 10.6. The summed E-state index contributed by atoms with van der Waals surface area (Å²) >= 11 is 0. The van der Waals surface area contributed by atoms with Crippen LogP contribution in [0, 0.1) is 0 Å². The number of hydrogen-bond donors (Lipinski definition) is 1. The highest BCUT2D eigenvalue weighted by Crippen LogP contribution is 2.32. The van der Waals surface area contributed by atoms with E-state index in [1.54, 1.807) is 30.6 Å². The molecule has 0 bridgehead atoms. The van der Waals surface area contributed by atoms with E-state index in [9.17, 15) is 4.79 Å². The predicted molar refractivity (Wildman–Crippen MR) is 113 cm³/mol. The number of aromatic nitrogens is 2. The van der Waals surface area contributed by atoms with E-state index in [1.807, 2.05) is 6.07 Å². The minimum absolute atomic E-state index is 0.176. The van der Waals surface area contributed by atoms with Crippen molar-refractivity contribution >= 4 is 23.2 Å². The molecule has 8 heteroatoms. The van der Waals surface area contributed by atoms with Crippen LogP contribution in [0.25, 0.3) is 0 Å². The molecule has 0 radical (unpaired) electrons. The van der Waals surface area contributed by atoms with Gasteiger partial charge in [-0.1, -0.05) is 18.2 Å². The van der Waals surface area contributed by atoms with Crippen molar-refractivity contribution in [1.29, 1.82) is 0 Å². The van der Waals surface area contributed by atoms with Crippen LogP contribution in [0.15, 0.2) is 60.9 Å². The zero-order chi connectivity index (χ0) is 20.3. The van der Waals surface area contributed by atoms with Gasteiger partial charge in [0.1, 0.15) is 0 Å². The van der Waals surface area contributed by atoms with Crippen LogP contribution in [0.2, 0.25) is 0 Å². The minimum Gasteiger partial charge on any atom is -0.454 e. The zero-order valence-electron chi connectivity index (χ0n) is 16.3. The molecule has 2 aliphatic heterocycles. The molecule has 1 amide bonds. The molecule has 8 nitrogen and oxygen atoms in total. The lowest BCUT2D eigenvalue weighted by Crippen LogP contribution is -2.47. The number of nitrogens with zero attached hydrogens (tertiary/aromatic N) is 4. The number of piperazine rings is 1. The van der Waals surface area contributed by atoms with Gasteiger partial charge in [-0.2, -0.15) is 0 Å². The number of amides is 1. The third-order valence-corrected chi connectivity index (χ3v) is 5.21. The van der Waals surface area contributed by atoms with Gasteiger partial charge in [0.15, 0.2) is 11.5 Å². The summed E-state index contributed by atoms with van der Waals surface area (Å²) in [5.41, 5.74) is 2.27. The van der Waals surface area contributed by atoms with Gasteiger partial charge in [0.05, 0.1) is 18.1 Å². The summed E-state index contributed by atoms with van der Waals surface area (Å²) in [5.74, 6) is 1.64. The molecule has 0 spiro atoms. The van der Waals surface area contributed by atoms with E-state index >= 15 is 0 Å². The van der Waals surface area contributed by atoms with E-state index in [1.165, 1.54) is 5.69 Å². The molecule has 5 rings (SSSR count). The Morgan fingerprint density at radius 3 is 2.33 bits per heavy atom. The largest absolute Gasteiger partial charge is 0.454 e. The average Bonchev–Trinajstić information content (AvgIpc) is 3.28. The number of carbonyl (C=O) groups excluding carboxylic acids is 1. The molecule has 3 aromatic rings. The summed E-state index contributed by atoms with van der Waals surface area (Å²) in [6, 6.07) is 15.5. The highest BCUT2D eigenvalue weighted by atomic mass is 16.7. The second kappa shape index (κ2) is 7.90. The van der Waals surface area contributed by atoms with Crippen molar-refractivity contribution in [2.75, 3.05) is 48.1 Å². The molecular formula is C22H21N5O3. The van der Waals surface area contributed by atoms with E-state index in [-0.39, 0.29) is 12.7 Å². The van der Waals surface area contributed by atoms with Crippen LogP contribution < -0.4 is 24.6 Å². The number of carbonyl (C=O) groups is 1. The van der Waals surface area contributed by atoms with Crippen molar-refractivity contribution in [2.45, 2.75) is 0 Å². The highest BCUT2D eigenvalue weighted by Gasteiger charge is 2.20. The second-order valence-corrected chi connectivity index (χ2v) is 7.10. The van der Waals surface area contributed by atoms with Crippen molar-refractivity contribution in [3.05, 3.63) is 66.5 Å². The molecule has 1 fully saturated rings.